The lowest BCUT2D eigenvalue weighted by Crippen LogP contribution is -2.46. The molecule has 5 aliphatic carbocycles. The van der Waals surface area contributed by atoms with Gasteiger partial charge in [-0.1, -0.05) is 32.4 Å². The number of hydrogen-bond donors (Lipinski definition) is 0. The minimum absolute atomic E-state index is 0.113. The first-order valence-corrected chi connectivity index (χ1v) is 10.0. The average Bonchev–Trinajstić information content (AvgIpc) is 3.30. The Hall–Kier alpha value is -0.790. The van der Waals surface area contributed by atoms with Crippen molar-refractivity contribution in [3.8, 4) is 0 Å². The van der Waals surface area contributed by atoms with Crippen molar-refractivity contribution in [2.24, 2.45) is 47.3 Å². The van der Waals surface area contributed by atoms with Crippen molar-refractivity contribution >= 4 is 5.97 Å². The number of allylic oxidation sites excluding steroid dienone is 2. The molecule has 0 saturated heterocycles. The second kappa shape index (κ2) is 4.86. The SMILES string of the molecule is CCC1(OC(=O)C2C3C=CC(C3)C2C)CC2CC1C1CCCC21. The maximum Gasteiger partial charge on any atom is 0.310 e. The number of carbonyl (C=O) groups excluding carboxylic acids is 1. The highest BCUT2D eigenvalue weighted by Gasteiger charge is 2.62. The molecule has 4 bridgehead atoms. The van der Waals surface area contributed by atoms with E-state index in [0.29, 0.717) is 23.7 Å². The van der Waals surface area contributed by atoms with Crippen LogP contribution in [0.4, 0.5) is 0 Å². The summed E-state index contributed by atoms with van der Waals surface area (Å²) in [5, 5.41) is 0. The molecule has 9 atom stereocenters. The minimum atomic E-state index is -0.113. The van der Waals surface area contributed by atoms with Crippen molar-refractivity contribution in [3.63, 3.8) is 0 Å². The van der Waals surface area contributed by atoms with Gasteiger partial charge < -0.3 is 4.74 Å². The third-order valence-corrected chi connectivity index (χ3v) is 8.61. The molecule has 0 aromatic carbocycles. The largest absolute Gasteiger partial charge is 0.459 e. The number of carbonyl (C=O) groups is 1. The van der Waals surface area contributed by atoms with Crippen LogP contribution in [-0.4, -0.2) is 11.6 Å². The highest BCUT2D eigenvalue weighted by molar-refractivity contribution is 5.75. The quantitative estimate of drug-likeness (QED) is 0.562. The van der Waals surface area contributed by atoms with Crippen LogP contribution >= 0.6 is 0 Å². The lowest BCUT2D eigenvalue weighted by atomic mass is 9.71. The van der Waals surface area contributed by atoms with E-state index in [9.17, 15) is 4.79 Å². The van der Waals surface area contributed by atoms with Gasteiger partial charge in [0.05, 0.1) is 5.92 Å². The summed E-state index contributed by atoms with van der Waals surface area (Å²) in [7, 11) is 0. The summed E-state index contributed by atoms with van der Waals surface area (Å²) in [6, 6.07) is 0. The van der Waals surface area contributed by atoms with Crippen LogP contribution < -0.4 is 0 Å². The number of ether oxygens (including phenoxy) is 1. The van der Waals surface area contributed by atoms with Crippen molar-refractivity contribution in [3.05, 3.63) is 12.2 Å². The molecule has 126 valence electrons. The fourth-order valence-corrected chi connectivity index (χ4v) is 7.54. The normalized spacial score (nSPS) is 55.6. The van der Waals surface area contributed by atoms with Gasteiger partial charge in [-0.15, -0.1) is 0 Å². The van der Waals surface area contributed by atoms with Gasteiger partial charge >= 0.3 is 5.97 Å². The molecule has 0 aromatic heterocycles. The summed E-state index contributed by atoms with van der Waals surface area (Å²) >= 11 is 0. The first-order valence-electron chi connectivity index (χ1n) is 10.0. The average molecular weight is 314 g/mol. The van der Waals surface area contributed by atoms with Gasteiger partial charge in [-0.05, 0) is 74.0 Å². The molecule has 9 unspecified atom stereocenters. The maximum absolute atomic E-state index is 13.1. The molecule has 0 aromatic rings. The Morgan fingerprint density at radius 2 is 1.96 bits per heavy atom. The molecule has 0 amide bonds. The molecule has 2 heteroatoms. The molecule has 4 fully saturated rings. The topological polar surface area (TPSA) is 26.3 Å². The van der Waals surface area contributed by atoms with Crippen LogP contribution in [-0.2, 0) is 9.53 Å². The van der Waals surface area contributed by atoms with Crippen LogP contribution in [0, 0.1) is 47.3 Å². The lowest BCUT2D eigenvalue weighted by Gasteiger charge is -2.43. The van der Waals surface area contributed by atoms with Crippen molar-refractivity contribution in [2.45, 2.75) is 64.4 Å². The number of esters is 1. The van der Waals surface area contributed by atoms with Crippen molar-refractivity contribution in [1.82, 2.24) is 0 Å². The molecule has 4 saturated carbocycles. The lowest BCUT2D eigenvalue weighted by molar-refractivity contribution is -0.177. The van der Waals surface area contributed by atoms with Gasteiger partial charge in [-0.3, -0.25) is 4.79 Å². The number of hydrogen-bond acceptors (Lipinski definition) is 2. The smallest absolute Gasteiger partial charge is 0.310 e. The van der Waals surface area contributed by atoms with Crippen LogP contribution in [0.3, 0.4) is 0 Å². The van der Waals surface area contributed by atoms with E-state index in [1.807, 2.05) is 0 Å². The molecular weight excluding hydrogens is 284 g/mol. The highest BCUT2D eigenvalue weighted by Crippen LogP contribution is 2.64. The first-order chi connectivity index (χ1) is 11.1. The Morgan fingerprint density at radius 1 is 1.17 bits per heavy atom. The second-order valence-electron chi connectivity index (χ2n) is 9.24. The first kappa shape index (κ1) is 14.5. The molecule has 5 rings (SSSR count). The second-order valence-corrected chi connectivity index (χ2v) is 9.24. The van der Waals surface area contributed by atoms with Gasteiger partial charge in [-0.2, -0.15) is 0 Å². The van der Waals surface area contributed by atoms with Gasteiger partial charge in [0.1, 0.15) is 5.60 Å². The van der Waals surface area contributed by atoms with E-state index in [1.165, 1.54) is 32.1 Å². The summed E-state index contributed by atoms with van der Waals surface area (Å²) in [4.78, 5) is 13.1. The van der Waals surface area contributed by atoms with Crippen LogP contribution in [0.5, 0.6) is 0 Å². The van der Waals surface area contributed by atoms with E-state index in [2.05, 4.69) is 26.0 Å². The van der Waals surface area contributed by atoms with Crippen molar-refractivity contribution in [1.29, 1.82) is 0 Å². The third-order valence-electron chi connectivity index (χ3n) is 8.61. The third kappa shape index (κ3) is 1.84. The summed E-state index contributed by atoms with van der Waals surface area (Å²) in [6.07, 6.45) is 13.5. The standard InChI is InChI=1S/C21H30O2/c1-3-21(11-15-10-18(21)17-6-4-5-16(15)17)23-20(22)19-12(2)13-7-8-14(19)9-13/h7-8,12-19H,3-6,9-11H2,1-2H3. The molecule has 0 N–H and O–H groups in total. The predicted molar refractivity (Wildman–Crippen MR) is 89.6 cm³/mol. The van der Waals surface area contributed by atoms with Gasteiger partial charge in [0.15, 0.2) is 0 Å². The zero-order chi connectivity index (χ0) is 15.8. The predicted octanol–water partition coefficient (Wildman–Crippen LogP) is 4.59. The molecule has 0 spiro atoms. The van der Waals surface area contributed by atoms with E-state index in [-0.39, 0.29) is 17.5 Å². The van der Waals surface area contributed by atoms with E-state index < -0.39 is 0 Å². The number of rotatable bonds is 3. The van der Waals surface area contributed by atoms with Crippen LogP contribution in [0.25, 0.3) is 0 Å². The van der Waals surface area contributed by atoms with Crippen LogP contribution in [0.1, 0.15) is 58.8 Å². The van der Waals surface area contributed by atoms with Crippen LogP contribution in [0.15, 0.2) is 12.2 Å². The summed E-state index contributed by atoms with van der Waals surface area (Å²) in [5.74, 6) is 5.15. The summed E-state index contributed by atoms with van der Waals surface area (Å²) in [5.41, 5.74) is -0.113. The number of fused-ring (bicyclic) bond motifs is 7. The summed E-state index contributed by atoms with van der Waals surface area (Å²) < 4.78 is 6.42. The molecule has 5 aliphatic rings. The Morgan fingerprint density at radius 3 is 2.70 bits per heavy atom. The van der Waals surface area contributed by atoms with Gasteiger partial charge in [-0.25, -0.2) is 0 Å². The highest BCUT2D eigenvalue weighted by atomic mass is 16.6. The molecule has 2 nitrogen and oxygen atoms in total. The minimum Gasteiger partial charge on any atom is -0.459 e. The fourth-order valence-electron chi connectivity index (χ4n) is 7.54. The summed E-state index contributed by atoms with van der Waals surface area (Å²) in [6.45, 7) is 4.51. The molecule has 0 radical (unpaired) electrons. The molecular formula is C21H30O2. The van der Waals surface area contributed by atoms with Gasteiger partial charge in [0.25, 0.3) is 0 Å². The Bertz CT molecular complexity index is 552. The Labute approximate surface area is 140 Å². The molecule has 23 heavy (non-hydrogen) atoms. The molecule has 0 heterocycles. The van der Waals surface area contributed by atoms with Crippen LogP contribution in [0.2, 0.25) is 0 Å². The Kier molecular flexibility index (Phi) is 3.07. The maximum atomic E-state index is 13.1. The van der Waals surface area contributed by atoms with Crippen molar-refractivity contribution in [2.75, 3.05) is 0 Å². The zero-order valence-electron chi connectivity index (χ0n) is 14.5. The fraction of sp³-hybridized carbons (Fsp3) is 0.857. The van der Waals surface area contributed by atoms with Gasteiger partial charge in [0.2, 0.25) is 0 Å². The Balaban J connectivity index is 1.37. The van der Waals surface area contributed by atoms with E-state index in [4.69, 9.17) is 4.74 Å². The zero-order valence-corrected chi connectivity index (χ0v) is 14.5. The molecule has 0 aliphatic heterocycles. The van der Waals surface area contributed by atoms with E-state index in [1.54, 1.807) is 0 Å². The van der Waals surface area contributed by atoms with E-state index in [0.717, 1.165) is 30.6 Å². The monoisotopic (exact) mass is 314 g/mol. The van der Waals surface area contributed by atoms with Gasteiger partial charge in [0, 0.05) is 5.92 Å². The van der Waals surface area contributed by atoms with E-state index >= 15 is 0 Å². The van der Waals surface area contributed by atoms with Crippen molar-refractivity contribution < 1.29 is 9.53 Å².